The Hall–Kier alpha value is -2.43. The van der Waals surface area contributed by atoms with Gasteiger partial charge in [-0.3, -0.25) is 4.79 Å². The largest absolute Gasteiger partial charge is 0.456 e. The van der Waals surface area contributed by atoms with Gasteiger partial charge in [0.05, 0.1) is 16.8 Å². The molecule has 1 atom stereocenters. The van der Waals surface area contributed by atoms with Crippen LogP contribution in [0.15, 0.2) is 28.8 Å². The summed E-state index contributed by atoms with van der Waals surface area (Å²) < 4.78 is 10.9. The Kier molecular flexibility index (Phi) is 4.86. The van der Waals surface area contributed by atoms with Gasteiger partial charge in [-0.1, -0.05) is 30.1 Å². The Labute approximate surface area is 165 Å². The van der Waals surface area contributed by atoms with Gasteiger partial charge >= 0.3 is 5.97 Å². The summed E-state index contributed by atoms with van der Waals surface area (Å²) in [6.07, 6.45) is 5.70. The summed E-state index contributed by atoms with van der Waals surface area (Å²) in [5.41, 5.74) is 2.47. The first-order valence-corrected chi connectivity index (χ1v) is 10.1. The molecule has 0 bridgehead atoms. The number of esters is 1. The van der Waals surface area contributed by atoms with Crippen molar-refractivity contribution in [3.63, 3.8) is 0 Å². The highest BCUT2D eigenvalue weighted by Crippen LogP contribution is 2.40. The second kappa shape index (κ2) is 7.19. The molecular formula is C23H27NO4. The summed E-state index contributed by atoms with van der Waals surface area (Å²) >= 11 is 0. The van der Waals surface area contributed by atoms with Crippen molar-refractivity contribution in [2.24, 2.45) is 11.8 Å². The molecule has 1 aromatic heterocycles. The van der Waals surface area contributed by atoms with Crippen molar-refractivity contribution in [2.45, 2.75) is 64.9 Å². The van der Waals surface area contributed by atoms with E-state index >= 15 is 0 Å². The Bertz CT molecular complexity index is 884. The lowest BCUT2D eigenvalue weighted by Gasteiger charge is -2.20. The molecule has 0 saturated heterocycles. The molecule has 28 heavy (non-hydrogen) atoms. The number of rotatable bonds is 5. The lowest BCUT2D eigenvalue weighted by molar-refractivity contribution is 0.00694. The third kappa shape index (κ3) is 4.34. The first-order chi connectivity index (χ1) is 13.3. The fourth-order valence-corrected chi connectivity index (χ4v) is 3.92. The number of carbonyl (C=O) groups excluding carboxylic acids is 2. The van der Waals surface area contributed by atoms with Crippen LogP contribution in [0.4, 0.5) is 0 Å². The molecule has 1 aromatic carbocycles. The van der Waals surface area contributed by atoms with Crippen LogP contribution in [0.5, 0.6) is 0 Å². The van der Waals surface area contributed by atoms with E-state index in [1.54, 1.807) is 12.1 Å². The van der Waals surface area contributed by atoms with E-state index in [1.807, 2.05) is 32.9 Å². The molecule has 1 heterocycles. The first-order valence-electron chi connectivity index (χ1n) is 10.1. The number of hydrogen-bond donors (Lipinski definition) is 0. The van der Waals surface area contributed by atoms with E-state index in [1.165, 1.54) is 12.8 Å². The van der Waals surface area contributed by atoms with Crippen LogP contribution in [-0.4, -0.2) is 22.5 Å². The highest BCUT2D eigenvalue weighted by molar-refractivity contribution is 5.99. The third-order valence-electron chi connectivity index (χ3n) is 5.39. The number of carbonyl (C=O) groups is 2. The van der Waals surface area contributed by atoms with Crippen molar-refractivity contribution in [1.29, 1.82) is 0 Å². The van der Waals surface area contributed by atoms with Gasteiger partial charge in [0.25, 0.3) is 0 Å². The van der Waals surface area contributed by atoms with Crippen molar-refractivity contribution < 1.29 is 18.8 Å². The molecule has 1 saturated carbocycles. The van der Waals surface area contributed by atoms with Gasteiger partial charge in [-0.2, -0.15) is 0 Å². The van der Waals surface area contributed by atoms with Gasteiger partial charge in [0.2, 0.25) is 0 Å². The Morgan fingerprint density at radius 2 is 1.86 bits per heavy atom. The van der Waals surface area contributed by atoms with E-state index in [2.05, 4.69) is 5.16 Å². The monoisotopic (exact) mass is 381 g/mol. The fourth-order valence-electron chi connectivity index (χ4n) is 3.92. The van der Waals surface area contributed by atoms with Gasteiger partial charge in [-0.25, -0.2) is 4.79 Å². The van der Waals surface area contributed by atoms with Crippen molar-refractivity contribution in [3.05, 3.63) is 52.4 Å². The van der Waals surface area contributed by atoms with E-state index < -0.39 is 5.60 Å². The van der Waals surface area contributed by atoms with Crippen LogP contribution in [0.2, 0.25) is 0 Å². The summed E-state index contributed by atoms with van der Waals surface area (Å²) in [4.78, 5) is 24.8. The predicted molar refractivity (Wildman–Crippen MR) is 104 cm³/mol. The van der Waals surface area contributed by atoms with Gasteiger partial charge in [0.1, 0.15) is 5.60 Å². The minimum Gasteiger partial charge on any atom is -0.456 e. The molecule has 5 heteroatoms. The fraction of sp³-hybridized carbons (Fsp3) is 0.522. The van der Waals surface area contributed by atoms with Crippen molar-refractivity contribution in [2.75, 3.05) is 0 Å². The standard InChI is InChI=1S/C23H27NO4/c1-23(2,3)27-22(26)17-8-6-15(7-9-17)13-20-21-18(24-28-20)11-16(12-19(21)25)10-14-4-5-14/h6-9,14,16H,4-5,10-13H2,1-3H3. The molecule has 0 radical (unpaired) electrons. The van der Waals surface area contributed by atoms with Gasteiger partial charge in [0.15, 0.2) is 11.5 Å². The molecule has 1 fully saturated rings. The maximum Gasteiger partial charge on any atom is 0.338 e. The molecule has 5 nitrogen and oxygen atoms in total. The number of aromatic nitrogens is 1. The van der Waals surface area contributed by atoms with E-state index in [-0.39, 0.29) is 11.8 Å². The second-order valence-corrected chi connectivity index (χ2v) is 9.18. The molecular weight excluding hydrogens is 354 g/mol. The average Bonchev–Trinajstić information content (AvgIpc) is 3.33. The topological polar surface area (TPSA) is 69.4 Å². The van der Waals surface area contributed by atoms with Gasteiger partial charge in [-0.05, 0) is 63.1 Å². The number of fused-ring (bicyclic) bond motifs is 1. The summed E-state index contributed by atoms with van der Waals surface area (Å²) in [5.74, 6) is 1.68. The maximum absolute atomic E-state index is 12.7. The number of hydrogen-bond acceptors (Lipinski definition) is 5. The highest BCUT2D eigenvalue weighted by atomic mass is 16.6. The number of benzene rings is 1. The molecule has 0 aliphatic heterocycles. The average molecular weight is 381 g/mol. The molecule has 0 N–H and O–H groups in total. The minimum atomic E-state index is -0.521. The second-order valence-electron chi connectivity index (χ2n) is 9.18. The smallest absolute Gasteiger partial charge is 0.338 e. The van der Waals surface area contributed by atoms with Gasteiger partial charge < -0.3 is 9.26 Å². The molecule has 2 aliphatic carbocycles. The molecule has 148 valence electrons. The predicted octanol–water partition coefficient (Wildman–Crippen LogP) is 4.77. The Morgan fingerprint density at radius 3 is 2.50 bits per heavy atom. The molecule has 0 amide bonds. The Balaban J connectivity index is 1.45. The van der Waals surface area contributed by atoms with Gasteiger partial charge in [-0.15, -0.1) is 0 Å². The van der Waals surface area contributed by atoms with Crippen LogP contribution in [0.1, 0.15) is 84.2 Å². The third-order valence-corrected chi connectivity index (χ3v) is 5.39. The van der Waals surface area contributed by atoms with E-state index in [0.29, 0.717) is 35.6 Å². The molecule has 4 rings (SSSR count). The normalized spacial score (nSPS) is 19.4. The Morgan fingerprint density at radius 1 is 1.14 bits per heavy atom. The van der Waals surface area contributed by atoms with Crippen molar-refractivity contribution in [3.8, 4) is 0 Å². The molecule has 2 aromatic rings. The van der Waals surface area contributed by atoms with Crippen LogP contribution in [0.25, 0.3) is 0 Å². The summed E-state index contributed by atoms with van der Waals surface area (Å²) in [7, 11) is 0. The van der Waals surface area contributed by atoms with E-state index in [4.69, 9.17) is 9.26 Å². The van der Waals surface area contributed by atoms with Crippen LogP contribution in [0.3, 0.4) is 0 Å². The lowest BCUT2D eigenvalue weighted by Crippen LogP contribution is -2.23. The minimum absolute atomic E-state index is 0.161. The zero-order valence-corrected chi connectivity index (χ0v) is 16.8. The van der Waals surface area contributed by atoms with Crippen LogP contribution in [-0.2, 0) is 17.6 Å². The van der Waals surface area contributed by atoms with Crippen LogP contribution >= 0.6 is 0 Å². The zero-order valence-electron chi connectivity index (χ0n) is 16.8. The molecule has 1 unspecified atom stereocenters. The van der Waals surface area contributed by atoms with Crippen LogP contribution in [0, 0.1) is 11.8 Å². The number of ether oxygens (including phenoxy) is 1. The molecule has 0 spiro atoms. The van der Waals surface area contributed by atoms with E-state index in [0.717, 1.165) is 30.0 Å². The summed E-state index contributed by atoms with van der Waals surface area (Å²) in [5, 5.41) is 4.20. The summed E-state index contributed by atoms with van der Waals surface area (Å²) in [6.45, 7) is 5.54. The van der Waals surface area contributed by atoms with E-state index in [9.17, 15) is 9.59 Å². The molecule has 2 aliphatic rings. The number of ketones is 1. The van der Waals surface area contributed by atoms with Crippen LogP contribution < -0.4 is 0 Å². The zero-order chi connectivity index (χ0) is 19.9. The summed E-state index contributed by atoms with van der Waals surface area (Å²) in [6, 6.07) is 7.24. The quantitative estimate of drug-likeness (QED) is 0.698. The lowest BCUT2D eigenvalue weighted by atomic mass is 9.82. The first kappa shape index (κ1) is 18.9. The maximum atomic E-state index is 12.7. The van der Waals surface area contributed by atoms with Gasteiger partial charge in [0, 0.05) is 12.8 Å². The SMILES string of the molecule is CC(C)(C)OC(=O)c1ccc(Cc2onc3c2C(=O)CC(CC2CC2)C3)cc1. The van der Waals surface area contributed by atoms with Crippen molar-refractivity contribution >= 4 is 11.8 Å². The number of nitrogens with zero attached hydrogens (tertiary/aromatic N) is 1. The number of Topliss-reactive ketones (excluding diaryl/α,β-unsaturated/α-hetero) is 1. The highest BCUT2D eigenvalue weighted by Gasteiger charge is 2.34. The van der Waals surface area contributed by atoms with Crippen molar-refractivity contribution in [1.82, 2.24) is 5.16 Å².